The van der Waals surface area contributed by atoms with E-state index >= 15 is 0 Å². The number of rotatable bonds is 5. The topological polar surface area (TPSA) is 130 Å². The van der Waals surface area contributed by atoms with Crippen LogP contribution in [-0.4, -0.2) is 17.9 Å². The van der Waals surface area contributed by atoms with Gasteiger partial charge in [-0.3, -0.25) is 0 Å². The van der Waals surface area contributed by atoms with Crippen LogP contribution in [0.3, 0.4) is 0 Å². The van der Waals surface area contributed by atoms with E-state index in [1.807, 2.05) is 0 Å². The fraction of sp³-hybridized carbons (Fsp3) is 0.600. The van der Waals surface area contributed by atoms with Crippen LogP contribution in [0.15, 0.2) is 0 Å². The second-order valence-electron chi connectivity index (χ2n) is 2.25. The molecule has 4 N–H and O–H groups in total. The molecule has 8 heteroatoms. The van der Waals surface area contributed by atoms with Crippen LogP contribution >= 0.6 is 0 Å². The standard InChI is InChI=1S/C5H10N2O3.2O.V/c6-3(5(9)10)1-2-4(7)8;;;/h3H,1-2,6H2,(H2,7,8)(H,9,10);;;/q;;;+1/p-1/t3-;;;/m0.../s1. The first-order valence-electron chi connectivity index (χ1n) is 3.33. The summed E-state index contributed by atoms with van der Waals surface area (Å²) in [5.41, 5.74) is 9.96. The van der Waals surface area contributed by atoms with Gasteiger partial charge in [-0.1, -0.05) is 0 Å². The Bertz CT molecular complexity index is 266. The molecule has 0 spiro atoms. The Hall–Kier alpha value is -0.916. The number of hydrogen-bond acceptors (Lipinski definition) is 6. The van der Waals surface area contributed by atoms with E-state index < -0.39 is 33.3 Å². The molecule has 74 valence electrons. The summed E-state index contributed by atoms with van der Waals surface area (Å²) in [6, 6.07) is -1.12. The van der Waals surface area contributed by atoms with E-state index in [0.29, 0.717) is 0 Å². The van der Waals surface area contributed by atoms with Crippen molar-refractivity contribution in [3.8, 4) is 0 Å². The molecule has 0 aliphatic carbocycles. The van der Waals surface area contributed by atoms with Gasteiger partial charge in [-0.15, -0.1) is 0 Å². The van der Waals surface area contributed by atoms with Crippen LogP contribution < -0.4 is 11.5 Å². The Morgan fingerprint density at radius 3 is 2.31 bits per heavy atom. The molecule has 0 aromatic rings. The third-order valence-corrected chi connectivity index (χ3v) is 1.68. The first-order valence-corrected chi connectivity index (χ1v) is 5.04. The van der Waals surface area contributed by atoms with Crippen LogP contribution in [0.2, 0.25) is 0 Å². The minimum absolute atomic E-state index is 0.0175. The molecular weight excluding hydrogens is 219 g/mol. The number of primary amides is 1. The number of carbonyl (C=O) groups excluding carboxylic acids is 2. The Kier molecular flexibility index (Phi) is 5.28. The van der Waals surface area contributed by atoms with Crippen LogP contribution in [0.1, 0.15) is 12.8 Å². The maximum atomic E-state index is 10.7. The summed E-state index contributed by atoms with van der Waals surface area (Å²) < 4.78 is 23.8. The van der Waals surface area contributed by atoms with E-state index in [1.54, 1.807) is 0 Å². The molecule has 7 nitrogen and oxygen atoms in total. The molecule has 1 atom stereocenters. The van der Waals surface area contributed by atoms with E-state index in [-0.39, 0.29) is 12.8 Å². The number of amides is 1. The summed E-state index contributed by atoms with van der Waals surface area (Å²) in [5.74, 6) is -1.66. The van der Waals surface area contributed by atoms with Crippen LogP contribution in [0.25, 0.3) is 0 Å². The predicted molar refractivity (Wildman–Crippen MR) is 33.9 cm³/mol. The van der Waals surface area contributed by atoms with Gasteiger partial charge < -0.3 is 0 Å². The molecule has 0 aromatic carbocycles. The first-order chi connectivity index (χ1) is 5.93. The van der Waals surface area contributed by atoms with Gasteiger partial charge >= 0.3 is 78.2 Å². The molecule has 0 fully saturated rings. The zero-order valence-electron chi connectivity index (χ0n) is 6.63. The molecule has 13 heavy (non-hydrogen) atoms. The molecule has 0 bridgehead atoms. The molecule has 0 aliphatic heterocycles. The third kappa shape index (κ3) is 6.26. The van der Waals surface area contributed by atoms with Crippen molar-refractivity contribution in [2.24, 2.45) is 11.5 Å². The van der Waals surface area contributed by atoms with Crippen molar-refractivity contribution in [3.05, 3.63) is 0 Å². The van der Waals surface area contributed by atoms with Gasteiger partial charge in [-0.2, -0.15) is 0 Å². The second-order valence-corrected chi connectivity index (χ2v) is 3.23. The van der Waals surface area contributed by atoms with Crippen molar-refractivity contribution < 1.29 is 36.0 Å². The molecule has 0 aliphatic rings. The summed E-state index contributed by atoms with van der Waals surface area (Å²) >= 11 is -3.94. The summed E-state index contributed by atoms with van der Waals surface area (Å²) in [4.78, 5) is 21.0. The van der Waals surface area contributed by atoms with Crippen molar-refractivity contribution in [2.75, 3.05) is 0 Å². The zero-order chi connectivity index (χ0) is 10.4. The van der Waals surface area contributed by atoms with Crippen molar-refractivity contribution in [1.29, 1.82) is 0 Å². The van der Waals surface area contributed by atoms with Crippen molar-refractivity contribution >= 4 is 11.9 Å². The Labute approximate surface area is 78.8 Å². The van der Waals surface area contributed by atoms with Crippen LogP contribution in [-0.2, 0) is 36.0 Å². The number of carbonyl (C=O) groups is 2. The van der Waals surface area contributed by atoms with Gasteiger partial charge in [0.05, 0.1) is 0 Å². The molecule has 0 unspecified atom stereocenters. The van der Waals surface area contributed by atoms with Gasteiger partial charge in [-0.25, -0.2) is 0 Å². The minimum atomic E-state index is -3.94. The van der Waals surface area contributed by atoms with E-state index in [9.17, 15) is 16.9 Å². The Balaban J connectivity index is 3.89. The predicted octanol–water partition coefficient (Wildman–Crippen LogP) is -1.65. The molecule has 0 heterocycles. The Morgan fingerprint density at radius 1 is 1.38 bits per heavy atom. The van der Waals surface area contributed by atoms with Crippen LogP contribution in [0.4, 0.5) is 0 Å². The molecule has 0 aromatic heterocycles. The molecule has 0 radical (unpaired) electrons. The van der Waals surface area contributed by atoms with E-state index in [4.69, 9.17) is 11.5 Å². The molecule has 0 rings (SSSR count). The van der Waals surface area contributed by atoms with Gasteiger partial charge in [0.1, 0.15) is 0 Å². The Morgan fingerprint density at radius 2 is 1.92 bits per heavy atom. The normalized spacial score (nSPS) is 11.8. The summed E-state index contributed by atoms with van der Waals surface area (Å²) in [7, 11) is 0. The van der Waals surface area contributed by atoms with Crippen LogP contribution in [0, 0.1) is 0 Å². The fourth-order valence-corrected chi connectivity index (χ4v) is 0.998. The first kappa shape index (κ1) is 12.1. The summed E-state index contributed by atoms with van der Waals surface area (Å²) in [6.07, 6.45) is -0.0998. The van der Waals surface area contributed by atoms with E-state index in [2.05, 4.69) is 3.66 Å². The van der Waals surface area contributed by atoms with Gasteiger partial charge in [-0.05, 0) is 0 Å². The molecule has 0 saturated carbocycles. The van der Waals surface area contributed by atoms with E-state index in [1.165, 1.54) is 0 Å². The zero-order valence-corrected chi connectivity index (χ0v) is 8.03. The van der Waals surface area contributed by atoms with Gasteiger partial charge in [0.25, 0.3) is 0 Å². The maximum absolute atomic E-state index is 10.7. The third-order valence-electron chi connectivity index (χ3n) is 1.17. The molecule has 1 amide bonds. The fourth-order valence-electron chi connectivity index (χ4n) is 0.557. The average molecular weight is 228 g/mol. The SMILES string of the molecule is NC(=O)CC[C@H](N)C(=O)[O][V](=[O])=[O]. The monoisotopic (exact) mass is 228 g/mol. The van der Waals surface area contributed by atoms with E-state index in [0.717, 1.165) is 0 Å². The quantitative estimate of drug-likeness (QED) is 0.579. The van der Waals surface area contributed by atoms with Crippen molar-refractivity contribution in [1.82, 2.24) is 0 Å². The van der Waals surface area contributed by atoms with Crippen molar-refractivity contribution in [3.63, 3.8) is 0 Å². The average Bonchev–Trinajstić information content (AvgIpc) is 1.98. The molecule has 0 saturated heterocycles. The van der Waals surface area contributed by atoms with Gasteiger partial charge in [0.15, 0.2) is 0 Å². The van der Waals surface area contributed by atoms with Gasteiger partial charge in [0.2, 0.25) is 0 Å². The van der Waals surface area contributed by atoms with Crippen molar-refractivity contribution in [2.45, 2.75) is 18.9 Å². The molecular formula is C5H9N2O5V. The second kappa shape index (κ2) is 5.68. The number of hydrogen-bond donors (Lipinski definition) is 2. The summed E-state index contributed by atoms with van der Waals surface area (Å²) in [5, 5.41) is 0. The number of nitrogens with two attached hydrogens (primary N) is 2. The van der Waals surface area contributed by atoms with Gasteiger partial charge in [0, 0.05) is 0 Å². The summed E-state index contributed by atoms with van der Waals surface area (Å²) in [6.45, 7) is 0. The van der Waals surface area contributed by atoms with Crippen LogP contribution in [0.5, 0.6) is 0 Å².